The largest absolute Gasteiger partial charge is 0.353 e. The van der Waals surface area contributed by atoms with E-state index in [1.165, 1.54) is 0 Å². The summed E-state index contributed by atoms with van der Waals surface area (Å²) in [6, 6.07) is 0. The first-order valence-corrected chi connectivity index (χ1v) is 3.89. The summed E-state index contributed by atoms with van der Waals surface area (Å²) in [7, 11) is 0. The Kier molecular flexibility index (Phi) is 1.36. The molecule has 0 aromatic rings. The predicted octanol–water partition coefficient (Wildman–Crippen LogP) is 0.0701. The van der Waals surface area contributed by atoms with Crippen molar-refractivity contribution in [2.75, 3.05) is 0 Å². The van der Waals surface area contributed by atoms with Crippen molar-refractivity contribution in [1.82, 2.24) is 15.5 Å². The van der Waals surface area contributed by atoms with Crippen LogP contribution >= 0.6 is 0 Å². The Hall–Kier alpha value is -1.45. The van der Waals surface area contributed by atoms with Crippen molar-refractivity contribution < 1.29 is 4.79 Å². The normalized spacial score (nSPS) is 27.0. The van der Waals surface area contributed by atoms with Gasteiger partial charge in [0.2, 0.25) is 0 Å². The number of amides is 1. The van der Waals surface area contributed by atoms with Gasteiger partial charge in [0.15, 0.2) is 6.29 Å². The van der Waals surface area contributed by atoms with Gasteiger partial charge >= 0.3 is 0 Å². The van der Waals surface area contributed by atoms with Crippen LogP contribution in [-0.2, 0) is 4.79 Å². The van der Waals surface area contributed by atoms with Gasteiger partial charge in [-0.2, -0.15) is 0 Å². The number of carbonyl (C=O) groups is 1. The minimum Gasteiger partial charge on any atom is -0.353 e. The molecule has 64 valence electrons. The first-order valence-electron chi connectivity index (χ1n) is 3.89. The molecule has 4 nitrogen and oxygen atoms in total. The molecule has 0 saturated carbocycles. The van der Waals surface area contributed by atoms with Crippen molar-refractivity contribution in [2.24, 2.45) is 0 Å². The maximum absolute atomic E-state index is 11.6. The van der Waals surface area contributed by atoms with Gasteiger partial charge < -0.3 is 10.6 Å². The number of nitrogens with zero attached hydrogens (tertiary/aromatic N) is 1. The molecule has 0 saturated heterocycles. The minimum absolute atomic E-state index is 0.0671. The fraction of sp³-hybridized carbons (Fsp3) is 0.375. The van der Waals surface area contributed by atoms with Gasteiger partial charge in [-0.05, 0) is 13.8 Å². The highest BCUT2D eigenvalue weighted by Crippen LogP contribution is 2.16. The lowest BCUT2D eigenvalue weighted by Crippen LogP contribution is -2.53. The van der Waals surface area contributed by atoms with E-state index in [4.69, 9.17) is 0 Å². The molecule has 2 heterocycles. The Morgan fingerprint density at radius 1 is 1.50 bits per heavy atom. The van der Waals surface area contributed by atoms with Crippen molar-refractivity contribution >= 4 is 5.91 Å². The van der Waals surface area contributed by atoms with Gasteiger partial charge in [0.1, 0.15) is 0 Å². The molecular weight excluding hydrogens is 154 g/mol. The van der Waals surface area contributed by atoms with E-state index < -0.39 is 0 Å². The van der Waals surface area contributed by atoms with Crippen LogP contribution in [0.25, 0.3) is 0 Å². The molecule has 1 amide bonds. The maximum atomic E-state index is 11.6. The quantitative estimate of drug-likeness (QED) is 0.534. The van der Waals surface area contributed by atoms with Gasteiger partial charge in [0.05, 0.1) is 0 Å². The monoisotopic (exact) mass is 165 g/mol. The van der Waals surface area contributed by atoms with Crippen molar-refractivity contribution in [3.05, 3.63) is 23.7 Å². The molecule has 2 aliphatic heterocycles. The van der Waals surface area contributed by atoms with E-state index in [2.05, 4.69) is 10.6 Å². The Bertz CT molecular complexity index is 293. The van der Waals surface area contributed by atoms with E-state index >= 15 is 0 Å². The fourth-order valence-corrected chi connectivity index (χ4v) is 1.34. The summed E-state index contributed by atoms with van der Waals surface area (Å²) in [5.74, 6) is 0.0671. The molecule has 0 aromatic carbocycles. The van der Waals surface area contributed by atoms with Gasteiger partial charge in [0, 0.05) is 23.7 Å². The van der Waals surface area contributed by atoms with E-state index in [-0.39, 0.29) is 12.2 Å². The van der Waals surface area contributed by atoms with Crippen LogP contribution in [0, 0.1) is 0 Å². The summed E-state index contributed by atoms with van der Waals surface area (Å²) in [4.78, 5) is 13.2. The third-order valence-electron chi connectivity index (χ3n) is 2.24. The maximum Gasteiger partial charge on any atom is 0.258 e. The summed E-state index contributed by atoms with van der Waals surface area (Å²) >= 11 is 0. The summed E-state index contributed by atoms with van der Waals surface area (Å²) in [6.45, 7) is 3.73. The molecular formula is C8H11N3O. The van der Waals surface area contributed by atoms with Crippen molar-refractivity contribution in [3.63, 3.8) is 0 Å². The van der Waals surface area contributed by atoms with Crippen LogP contribution in [0.5, 0.6) is 0 Å². The molecule has 0 bridgehead atoms. The molecule has 2 rings (SSSR count). The zero-order valence-electron chi connectivity index (χ0n) is 7.09. The lowest BCUT2D eigenvalue weighted by Gasteiger charge is -2.31. The summed E-state index contributed by atoms with van der Waals surface area (Å²) < 4.78 is 0. The van der Waals surface area contributed by atoms with Crippen LogP contribution in [0.3, 0.4) is 0 Å². The zero-order chi connectivity index (χ0) is 8.72. The minimum atomic E-state index is -0.0822. The van der Waals surface area contributed by atoms with E-state index in [1.54, 1.807) is 17.3 Å². The Labute approximate surface area is 70.9 Å². The number of rotatable bonds is 0. The Morgan fingerprint density at radius 3 is 3.00 bits per heavy atom. The van der Waals surface area contributed by atoms with Crippen LogP contribution < -0.4 is 10.6 Å². The van der Waals surface area contributed by atoms with E-state index in [0.29, 0.717) is 0 Å². The van der Waals surface area contributed by atoms with E-state index in [0.717, 1.165) is 11.3 Å². The number of hydrogen-bond donors (Lipinski definition) is 2. The molecule has 1 unspecified atom stereocenters. The van der Waals surface area contributed by atoms with Crippen molar-refractivity contribution in [2.45, 2.75) is 20.1 Å². The number of fused-ring (bicyclic) bond motifs is 1. The van der Waals surface area contributed by atoms with Crippen LogP contribution in [0.4, 0.5) is 0 Å². The Morgan fingerprint density at radius 2 is 2.25 bits per heavy atom. The average Bonchev–Trinajstić information content (AvgIpc) is 2.48. The smallest absolute Gasteiger partial charge is 0.258 e. The van der Waals surface area contributed by atoms with E-state index in [9.17, 15) is 4.79 Å². The molecule has 4 heteroatoms. The predicted molar refractivity (Wildman–Crippen MR) is 44.4 cm³/mol. The lowest BCUT2D eigenvalue weighted by molar-refractivity contribution is -0.127. The van der Waals surface area contributed by atoms with Crippen LogP contribution in [0.2, 0.25) is 0 Å². The summed E-state index contributed by atoms with van der Waals surface area (Å²) in [5, 5.41) is 6.19. The van der Waals surface area contributed by atoms with Crippen LogP contribution in [0.15, 0.2) is 23.7 Å². The summed E-state index contributed by atoms with van der Waals surface area (Å²) in [5.41, 5.74) is 1.72. The highest BCUT2D eigenvalue weighted by atomic mass is 16.2. The lowest BCUT2D eigenvalue weighted by atomic mass is 10.2. The first-order chi connectivity index (χ1) is 5.70. The third-order valence-corrected chi connectivity index (χ3v) is 2.24. The molecule has 0 aromatic heterocycles. The molecule has 2 aliphatic rings. The number of carbonyl (C=O) groups excluding carboxylic acids is 1. The van der Waals surface area contributed by atoms with Gasteiger partial charge in [0.25, 0.3) is 5.91 Å². The molecule has 0 fully saturated rings. The second-order valence-electron chi connectivity index (χ2n) is 2.99. The highest BCUT2D eigenvalue weighted by Gasteiger charge is 2.30. The number of allylic oxidation sites excluding steroid dienone is 1. The zero-order valence-corrected chi connectivity index (χ0v) is 7.09. The van der Waals surface area contributed by atoms with Gasteiger partial charge in [-0.3, -0.25) is 9.69 Å². The summed E-state index contributed by atoms with van der Waals surface area (Å²) in [6.07, 6.45) is 3.43. The topological polar surface area (TPSA) is 44.4 Å². The van der Waals surface area contributed by atoms with Crippen molar-refractivity contribution in [1.29, 1.82) is 0 Å². The highest BCUT2D eigenvalue weighted by molar-refractivity contribution is 5.95. The van der Waals surface area contributed by atoms with Gasteiger partial charge in [-0.15, -0.1) is 0 Å². The van der Waals surface area contributed by atoms with E-state index in [1.807, 2.05) is 13.8 Å². The first kappa shape index (κ1) is 7.21. The van der Waals surface area contributed by atoms with Crippen molar-refractivity contribution in [3.8, 4) is 0 Å². The van der Waals surface area contributed by atoms with Crippen LogP contribution in [0.1, 0.15) is 13.8 Å². The SMILES string of the molecule is CC1=C(C)C(=O)N2C=CNC2N1. The second-order valence-corrected chi connectivity index (χ2v) is 2.99. The Balaban J connectivity index is 2.35. The molecule has 12 heavy (non-hydrogen) atoms. The van der Waals surface area contributed by atoms with Gasteiger partial charge in [-0.1, -0.05) is 0 Å². The second kappa shape index (κ2) is 2.27. The van der Waals surface area contributed by atoms with Gasteiger partial charge in [-0.25, -0.2) is 0 Å². The molecule has 1 atom stereocenters. The number of hydrogen-bond acceptors (Lipinski definition) is 3. The molecule has 2 N–H and O–H groups in total. The van der Waals surface area contributed by atoms with Crippen LogP contribution in [-0.4, -0.2) is 17.1 Å². The molecule has 0 radical (unpaired) electrons. The fourth-order valence-electron chi connectivity index (χ4n) is 1.34. The molecule has 0 aliphatic carbocycles. The standard InChI is InChI=1S/C8H11N3O/c1-5-6(2)10-8-9-3-4-11(8)7(5)12/h3-4,8-10H,1-2H3. The third kappa shape index (κ3) is 0.809. The number of nitrogens with one attached hydrogen (secondary N) is 2. The molecule has 0 spiro atoms. The average molecular weight is 165 g/mol.